The molecule has 0 aliphatic heterocycles. The van der Waals surface area contributed by atoms with Crippen LogP contribution in [0.2, 0.25) is 0 Å². The van der Waals surface area contributed by atoms with Gasteiger partial charge < -0.3 is 0 Å². The lowest BCUT2D eigenvalue weighted by molar-refractivity contribution is 1.34. The van der Waals surface area contributed by atoms with Crippen molar-refractivity contribution in [3.8, 4) is 89.3 Å². The Bertz CT molecular complexity index is 6330. The minimum atomic E-state index is 0.932. The number of fused-ring (bicyclic) bond motifs is 12. The highest BCUT2D eigenvalue weighted by molar-refractivity contribution is 6.25. The van der Waals surface area contributed by atoms with Gasteiger partial charge in [-0.25, -0.2) is 4.98 Å². The molecule has 0 fully saturated rings. The topological polar surface area (TPSA) is 12.9 Å². The first kappa shape index (κ1) is 53.5. The lowest BCUT2D eigenvalue weighted by atomic mass is 9.82. The molecule has 0 amide bonds. The molecule has 1 heterocycles. The van der Waals surface area contributed by atoms with Crippen LogP contribution < -0.4 is 0 Å². The van der Waals surface area contributed by atoms with Gasteiger partial charge in [0.05, 0.1) is 11.4 Å². The van der Waals surface area contributed by atoms with Crippen LogP contribution in [0, 0.1) is 0 Å². The van der Waals surface area contributed by atoms with Crippen LogP contribution in [-0.4, -0.2) is 4.98 Å². The SMILES string of the molecule is c1ccc(-c2ccc3c(-c4ccc(-c5ccc6ccc7ccccc7c6c5)cc4)c4cc(-c5ccc6c(-c7ccc8ccccc8c7)c7ccccc7c(-c7cccc(-c8ccc9ccc%10ccccc%10c9c8)n7)c6c5)ccc4c(-c4ccc5ccccc5c4)c3c2)cc1. The Labute approximate surface area is 544 Å². The summed E-state index contributed by atoms with van der Waals surface area (Å²) in [4.78, 5) is 5.69. The third-order valence-corrected chi connectivity index (χ3v) is 20.0. The number of hydrogen-bond donors (Lipinski definition) is 0. The van der Waals surface area contributed by atoms with Gasteiger partial charge in [-0.1, -0.05) is 291 Å². The molecule has 0 aliphatic rings. The highest BCUT2D eigenvalue weighted by atomic mass is 14.7. The molecule has 94 heavy (non-hydrogen) atoms. The van der Waals surface area contributed by atoms with Crippen molar-refractivity contribution in [2.75, 3.05) is 0 Å². The van der Waals surface area contributed by atoms with Gasteiger partial charge in [0.15, 0.2) is 0 Å². The van der Waals surface area contributed by atoms with Gasteiger partial charge in [0.25, 0.3) is 0 Å². The summed E-state index contributed by atoms with van der Waals surface area (Å²) in [6, 6.07) is 129. The molecule has 19 aromatic rings. The first-order valence-electron chi connectivity index (χ1n) is 32.5. The molecule has 0 spiro atoms. The van der Waals surface area contributed by atoms with Crippen LogP contribution in [0.25, 0.3) is 197 Å². The van der Waals surface area contributed by atoms with Crippen LogP contribution in [0.3, 0.4) is 0 Å². The highest BCUT2D eigenvalue weighted by Gasteiger charge is 2.23. The van der Waals surface area contributed by atoms with Crippen molar-refractivity contribution in [2.24, 2.45) is 0 Å². The fourth-order valence-electron chi connectivity index (χ4n) is 15.4. The lowest BCUT2D eigenvalue weighted by Crippen LogP contribution is -1.95. The van der Waals surface area contributed by atoms with Gasteiger partial charge in [-0.2, -0.15) is 0 Å². The van der Waals surface area contributed by atoms with E-state index in [0.717, 1.165) is 50.0 Å². The van der Waals surface area contributed by atoms with Gasteiger partial charge in [0.1, 0.15) is 0 Å². The summed E-state index contributed by atoms with van der Waals surface area (Å²) in [6.07, 6.45) is 0. The van der Waals surface area contributed by atoms with E-state index in [9.17, 15) is 0 Å². The Morgan fingerprint density at radius 1 is 0.128 bits per heavy atom. The van der Waals surface area contributed by atoms with Gasteiger partial charge in [0, 0.05) is 11.1 Å². The number of benzene rings is 18. The smallest absolute Gasteiger partial charge is 0.0722 e. The van der Waals surface area contributed by atoms with E-state index in [2.05, 4.69) is 346 Å². The van der Waals surface area contributed by atoms with Crippen LogP contribution in [0.5, 0.6) is 0 Å². The molecule has 0 aliphatic carbocycles. The van der Waals surface area contributed by atoms with Crippen LogP contribution in [0.15, 0.2) is 346 Å². The molecule has 0 saturated heterocycles. The van der Waals surface area contributed by atoms with Gasteiger partial charge >= 0.3 is 0 Å². The predicted octanol–water partition coefficient (Wildman–Crippen LogP) is 25.9. The van der Waals surface area contributed by atoms with Crippen molar-refractivity contribution in [3.05, 3.63) is 346 Å². The normalized spacial score (nSPS) is 11.8. The molecular weight excluding hydrogens is 1130 g/mol. The second kappa shape index (κ2) is 21.7. The van der Waals surface area contributed by atoms with Crippen LogP contribution in [-0.2, 0) is 0 Å². The van der Waals surface area contributed by atoms with Crippen molar-refractivity contribution in [1.29, 1.82) is 0 Å². The quantitative estimate of drug-likeness (QED) is 0.109. The molecule has 1 aromatic heterocycles. The zero-order valence-corrected chi connectivity index (χ0v) is 51.4. The summed E-state index contributed by atoms with van der Waals surface area (Å²) in [5.41, 5.74) is 18.3. The second-order valence-electron chi connectivity index (χ2n) is 25.2. The Kier molecular flexibility index (Phi) is 12.4. The van der Waals surface area contributed by atoms with Crippen molar-refractivity contribution in [1.82, 2.24) is 4.98 Å². The molecule has 0 radical (unpaired) electrons. The summed E-state index contributed by atoms with van der Waals surface area (Å²) in [5.74, 6) is 0. The Balaban J connectivity index is 0.854. The Morgan fingerprint density at radius 2 is 0.436 bits per heavy atom. The summed E-state index contributed by atoms with van der Waals surface area (Å²) in [5, 5.41) is 24.3. The van der Waals surface area contributed by atoms with Crippen LogP contribution in [0.1, 0.15) is 0 Å². The first-order valence-corrected chi connectivity index (χ1v) is 32.5. The largest absolute Gasteiger partial charge is 0.248 e. The van der Waals surface area contributed by atoms with Crippen LogP contribution >= 0.6 is 0 Å². The van der Waals surface area contributed by atoms with Gasteiger partial charge in [-0.05, 0) is 229 Å². The van der Waals surface area contributed by atoms with Crippen molar-refractivity contribution in [2.45, 2.75) is 0 Å². The highest BCUT2D eigenvalue weighted by Crippen LogP contribution is 2.50. The molecule has 434 valence electrons. The van der Waals surface area contributed by atoms with E-state index in [1.807, 2.05) is 0 Å². The Hall–Kier alpha value is -12.3. The molecular formula is C93H57N. The van der Waals surface area contributed by atoms with Crippen molar-refractivity contribution in [3.63, 3.8) is 0 Å². The van der Waals surface area contributed by atoms with Gasteiger partial charge in [-0.15, -0.1) is 0 Å². The van der Waals surface area contributed by atoms with Gasteiger partial charge in [0.2, 0.25) is 0 Å². The van der Waals surface area contributed by atoms with Crippen molar-refractivity contribution >= 4 is 108 Å². The average Bonchev–Trinajstić information content (AvgIpc) is 0.733. The van der Waals surface area contributed by atoms with E-state index >= 15 is 0 Å². The third kappa shape index (κ3) is 8.89. The first-order chi connectivity index (χ1) is 46.6. The molecule has 18 aromatic carbocycles. The fourth-order valence-corrected chi connectivity index (χ4v) is 15.4. The van der Waals surface area contributed by atoms with Crippen molar-refractivity contribution < 1.29 is 0 Å². The number of nitrogens with zero attached hydrogens (tertiary/aromatic N) is 1. The minimum Gasteiger partial charge on any atom is -0.248 e. The predicted molar refractivity (Wildman–Crippen MR) is 403 cm³/mol. The summed E-state index contributed by atoms with van der Waals surface area (Å²) in [7, 11) is 0. The minimum absolute atomic E-state index is 0.932. The number of rotatable bonds is 8. The number of aromatic nitrogens is 1. The summed E-state index contributed by atoms with van der Waals surface area (Å²) < 4.78 is 0. The van der Waals surface area contributed by atoms with E-state index in [4.69, 9.17) is 4.98 Å². The molecule has 0 unspecified atom stereocenters. The maximum Gasteiger partial charge on any atom is 0.0722 e. The molecule has 1 nitrogen and oxygen atoms in total. The Morgan fingerprint density at radius 3 is 0.989 bits per heavy atom. The van der Waals surface area contributed by atoms with E-state index in [1.165, 1.54) is 147 Å². The zero-order chi connectivity index (χ0) is 61.8. The van der Waals surface area contributed by atoms with E-state index in [0.29, 0.717) is 0 Å². The maximum atomic E-state index is 5.69. The van der Waals surface area contributed by atoms with E-state index < -0.39 is 0 Å². The monoisotopic (exact) mass is 1190 g/mol. The number of hydrogen-bond acceptors (Lipinski definition) is 1. The molecule has 0 N–H and O–H groups in total. The van der Waals surface area contributed by atoms with Gasteiger partial charge in [-0.3, -0.25) is 0 Å². The second-order valence-corrected chi connectivity index (χ2v) is 25.2. The molecule has 0 atom stereocenters. The third-order valence-electron chi connectivity index (χ3n) is 20.0. The maximum absolute atomic E-state index is 5.69. The van der Waals surface area contributed by atoms with E-state index in [-0.39, 0.29) is 0 Å². The molecule has 0 saturated carbocycles. The molecule has 1 heteroatoms. The zero-order valence-electron chi connectivity index (χ0n) is 51.4. The summed E-state index contributed by atoms with van der Waals surface area (Å²) >= 11 is 0. The standard InChI is InChI=1S/C93H57N/c1-2-15-58(16-3-1)70-45-48-80-86(54-70)92(75-44-32-60-18-5-7-22-68(60)52-75)81-49-46-71(55-85(81)90(80)66-39-29-61(30-40-66)69-41-37-64-35-33-62-19-8-10-23-76(62)83(64)53-69)72-47-50-82-87(56-72)93(79-26-13-12-25-78(79)91(82)74-43-31-59-17-4-6-21-67(59)51-74)89-28-14-27-88(94-89)73-42-38-65-36-34-63-20-9-11-24-77(63)84(65)57-73/h1-57H. The number of pyridine rings is 1. The summed E-state index contributed by atoms with van der Waals surface area (Å²) in [6.45, 7) is 0. The average molecular weight is 1190 g/mol. The fraction of sp³-hybridized carbons (Fsp3) is 0. The lowest BCUT2D eigenvalue weighted by Gasteiger charge is -2.21. The molecule has 0 bridgehead atoms. The van der Waals surface area contributed by atoms with Crippen LogP contribution in [0.4, 0.5) is 0 Å². The van der Waals surface area contributed by atoms with E-state index in [1.54, 1.807) is 0 Å². The molecule has 19 rings (SSSR count).